The smallest absolute Gasteiger partial charge is 0.269 e. The first-order chi connectivity index (χ1) is 14.1. The van der Waals surface area contributed by atoms with Crippen molar-refractivity contribution in [1.82, 2.24) is 20.2 Å². The second kappa shape index (κ2) is 8.34. The Morgan fingerprint density at radius 3 is 2.72 bits per heavy atom. The molecule has 1 aliphatic rings. The van der Waals surface area contributed by atoms with Gasteiger partial charge >= 0.3 is 0 Å². The summed E-state index contributed by atoms with van der Waals surface area (Å²) in [6.45, 7) is 5.05. The summed E-state index contributed by atoms with van der Waals surface area (Å²) in [6, 6.07) is 11.9. The Hall–Kier alpha value is -3.35. The van der Waals surface area contributed by atoms with Crippen LogP contribution in [0, 0.1) is 0 Å². The maximum absolute atomic E-state index is 12.6. The quantitative estimate of drug-likeness (QED) is 0.699. The summed E-state index contributed by atoms with van der Waals surface area (Å²) < 4.78 is 0. The molecule has 2 aromatic heterocycles. The maximum atomic E-state index is 12.6. The van der Waals surface area contributed by atoms with E-state index in [2.05, 4.69) is 26.3 Å². The van der Waals surface area contributed by atoms with E-state index in [4.69, 9.17) is 0 Å². The highest BCUT2D eigenvalue weighted by molar-refractivity contribution is 5.93. The van der Waals surface area contributed by atoms with Gasteiger partial charge in [-0.1, -0.05) is 18.2 Å². The zero-order chi connectivity index (χ0) is 20.2. The molecule has 0 saturated carbocycles. The average Bonchev–Trinajstić information content (AvgIpc) is 3.17. The summed E-state index contributed by atoms with van der Waals surface area (Å²) in [7, 11) is 0. The lowest BCUT2D eigenvalue weighted by molar-refractivity contribution is -0.129. The number of pyridine rings is 1. The topological polar surface area (TPSA) is 81.3 Å². The number of para-hydroxylation sites is 1. The zero-order valence-corrected chi connectivity index (χ0v) is 16.5. The number of hydrogen-bond acceptors (Lipinski definition) is 4. The Morgan fingerprint density at radius 1 is 1.14 bits per heavy atom. The van der Waals surface area contributed by atoms with Crippen LogP contribution in [0.1, 0.15) is 23.0 Å². The number of aromatic amines is 1. The molecule has 3 heterocycles. The summed E-state index contributed by atoms with van der Waals surface area (Å²) in [4.78, 5) is 35.6. The van der Waals surface area contributed by atoms with Gasteiger partial charge in [0, 0.05) is 68.6 Å². The minimum absolute atomic E-state index is 0.106. The van der Waals surface area contributed by atoms with E-state index in [1.165, 1.54) is 10.9 Å². The van der Waals surface area contributed by atoms with E-state index < -0.39 is 0 Å². The van der Waals surface area contributed by atoms with Gasteiger partial charge in [0.2, 0.25) is 5.91 Å². The van der Waals surface area contributed by atoms with E-state index >= 15 is 0 Å². The monoisotopic (exact) mass is 391 g/mol. The van der Waals surface area contributed by atoms with Crippen LogP contribution >= 0.6 is 0 Å². The Morgan fingerprint density at radius 2 is 1.93 bits per heavy atom. The molecule has 2 N–H and O–H groups in total. The molecular formula is C22H25N5O2. The zero-order valence-electron chi connectivity index (χ0n) is 16.5. The van der Waals surface area contributed by atoms with Crippen LogP contribution in [-0.4, -0.2) is 59.4 Å². The molecule has 1 fully saturated rings. The molecule has 7 heteroatoms. The molecule has 1 saturated heterocycles. The van der Waals surface area contributed by atoms with E-state index in [9.17, 15) is 9.59 Å². The maximum Gasteiger partial charge on any atom is 0.269 e. The molecule has 3 aromatic rings. The number of carbonyl (C=O) groups excluding carboxylic acids is 2. The van der Waals surface area contributed by atoms with Crippen molar-refractivity contribution in [3.05, 3.63) is 60.0 Å². The number of piperazine rings is 1. The number of H-pyrrole nitrogens is 1. The van der Waals surface area contributed by atoms with Gasteiger partial charge in [0.05, 0.1) is 0 Å². The number of benzene rings is 1. The Kier molecular flexibility index (Phi) is 5.46. The highest BCUT2D eigenvalue weighted by Gasteiger charge is 2.19. The first-order valence-electron chi connectivity index (χ1n) is 9.91. The lowest BCUT2D eigenvalue weighted by atomic mass is 10.1. The van der Waals surface area contributed by atoms with Gasteiger partial charge in [-0.15, -0.1) is 0 Å². The van der Waals surface area contributed by atoms with Crippen molar-refractivity contribution in [2.45, 2.75) is 13.3 Å². The van der Waals surface area contributed by atoms with Gasteiger partial charge in [-0.05, 0) is 30.2 Å². The fourth-order valence-corrected chi connectivity index (χ4v) is 3.76. The first kappa shape index (κ1) is 19.0. The highest BCUT2D eigenvalue weighted by Crippen LogP contribution is 2.19. The highest BCUT2D eigenvalue weighted by atomic mass is 16.2. The largest absolute Gasteiger partial charge is 0.368 e. The third kappa shape index (κ3) is 4.23. The van der Waals surface area contributed by atoms with Crippen molar-refractivity contribution in [2.24, 2.45) is 0 Å². The van der Waals surface area contributed by atoms with Crippen LogP contribution in [0.25, 0.3) is 10.9 Å². The lowest BCUT2D eigenvalue weighted by Crippen LogP contribution is -2.48. The van der Waals surface area contributed by atoms with Gasteiger partial charge in [0.15, 0.2) is 0 Å². The van der Waals surface area contributed by atoms with Gasteiger partial charge < -0.3 is 20.1 Å². The third-order valence-corrected chi connectivity index (χ3v) is 5.42. The van der Waals surface area contributed by atoms with Gasteiger partial charge in [-0.25, -0.2) is 0 Å². The molecule has 0 radical (unpaired) electrons. The van der Waals surface area contributed by atoms with E-state index in [1.54, 1.807) is 13.1 Å². The number of fused-ring (bicyclic) bond motifs is 1. The molecule has 2 amide bonds. The van der Waals surface area contributed by atoms with Crippen LogP contribution in [0.15, 0.2) is 48.8 Å². The van der Waals surface area contributed by atoms with Crippen LogP contribution in [0.3, 0.4) is 0 Å². The van der Waals surface area contributed by atoms with Crippen molar-refractivity contribution in [2.75, 3.05) is 37.6 Å². The first-order valence-corrected chi connectivity index (χ1v) is 9.91. The number of aromatic nitrogens is 2. The number of nitrogens with one attached hydrogen (secondary N) is 2. The number of amides is 2. The molecule has 1 aliphatic heterocycles. The fraction of sp³-hybridized carbons (Fsp3) is 0.318. The van der Waals surface area contributed by atoms with Crippen LogP contribution in [0.2, 0.25) is 0 Å². The Balaban J connectivity index is 1.34. The van der Waals surface area contributed by atoms with Crippen LogP contribution in [0.5, 0.6) is 0 Å². The van der Waals surface area contributed by atoms with Crippen molar-refractivity contribution in [3.8, 4) is 0 Å². The molecule has 0 atom stereocenters. The predicted molar refractivity (Wildman–Crippen MR) is 113 cm³/mol. The third-order valence-electron chi connectivity index (χ3n) is 5.42. The molecule has 4 rings (SSSR count). The lowest BCUT2D eigenvalue weighted by Gasteiger charge is -2.35. The van der Waals surface area contributed by atoms with Crippen molar-refractivity contribution in [1.29, 1.82) is 0 Å². The van der Waals surface area contributed by atoms with Gasteiger partial charge in [-0.3, -0.25) is 14.6 Å². The van der Waals surface area contributed by atoms with Crippen molar-refractivity contribution in [3.63, 3.8) is 0 Å². The number of nitrogens with zero attached hydrogens (tertiary/aromatic N) is 3. The number of hydrogen-bond donors (Lipinski definition) is 2. The summed E-state index contributed by atoms with van der Waals surface area (Å²) in [5.41, 5.74) is 3.67. The van der Waals surface area contributed by atoms with E-state index in [0.717, 1.165) is 30.7 Å². The van der Waals surface area contributed by atoms with Crippen molar-refractivity contribution < 1.29 is 9.59 Å². The SMILES string of the molecule is CC(=O)N1CCN(c2ccnc(C(=O)NCCc3c[nH]c4ccccc34)c2)CC1. The molecule has 1 aromatic carbocycles. The van der Waals surface area contributed by atoms with Crippen LogP contribution < -0.4 is 10.2 Å². The second-order valence-corrected chi connectivity index (χ2v) is 7.26. The van der Waals surface area contributed by atoms with Gasteiger partial charge in [0.1, 0.15) is 5.69 Å². The standard InChI is InChI=1S/C22H25N5O2/c1-16(28)26-10-12-27(13-11-26)18-7-9-23-21(14-18)22(29)24-8-6-17-15-25-20-5-3-2-4-19(17)20/h2-5,7,9,14-15,25H,6,8,10-13H2,1H3,(H,24,29). The molecule has 0 unspecified atom stereocenters. The molecule has 0 spiro atoms. The molecule has 29 heavy (non-hydrogen) atoms. The summed E-state index contributed by atoms with van der Waals surface area (Å²) in [5, 5.41) is 4.15. The second-order valence-electron chi connectivity index (χ2n) is 7.26. The van der Waals surface area contributed by atoms with E-state index in [-0.39, 0.29) is 11.8 Å². The van der Waals surface area contributed by atoms with Crippen LogP contribution in [0.4, 0.5) is 5.69 Å². The normalized spacial score (nSPS) is 14.2. The minimum atomic E-state index is -0.172. The van der Waals surface area contributed by atoms with Crippen molar-refractivity contribution >= 4 is 28.4 Å². The van der Waals surface area contributed by atoms with Gasteiger partial charge in [-0.2, -0.15) is 0 Å². The van der Waals surface area contributed by atoms with E-state index in [0.29, 0.717) is 25.3 Å². The molecule has 7 nitrogen and oxygen atoms in total. The molecule has 0 bridgehead atoms. The Labute approximate surface area is 169 Å². The summed E-state index contributed by atoms with van der Waals surface area (Å²) >= 11 is 0. The molecular weight excluding hydrogens is 366 g/mol. The number of anilines is 1. The fourth-order valence-electron chi connectivity index (χ4n) is 3.76. The summed E-state index contributed by atoms with van der Waals surface area (Å²) in [5.74, 6) is -0.0660. The minimum Gasteiger partial charge on any atom is -0.368 e. The Bertz CT molecular complexity index is 1020. The number of rotatable bonds is 5. The molecule has 0 aliphatic carbocycles. The predicted octanol–water partition coefficient (Wildman–Crippen LogP) is 2.20. The van der Waals surface area contributed by atoms with E-state index in [1.807, 2.05) is 41.4 Å². The number of carbonyl (C=O) groups is 2. The average molecular weight is 391 g/mol. The molecule has 150 valence electrons. The summed E-state index contributed by atoms with van der Waals surface area (Å²) in [6.07, 6.45) is 4.42. The van der Waals surface area contributed by atoms with Crippen LogP contribution in [-0.2, 0) is 11.2 Å². The van der Waals surface area contributed by atoms with Gasteiger partial charge in [0.25, 0.3) is 5.91 Å².